The maximum atomic E-state index is 5.41. The van der Waals surface area contributed by atoms with Crippen molar-refractivity contribution in [3.8, 4) is 0 Å². The minimum atomic E-state index is 0.276. The van der Waals surface area contributed by atoms with Crippen molar-refractivity contribution in [1.29, 1.82) is 0 Å². The summed E-state index contributed by atoms with van der Waals surface area (Å²) in [5.74, 6) is 0.605. The fraction of sp³-hybridized carbons (Fsp3) is 0.667. The molecule has 4 N–H and O–H groups in total. The SMILES string of the molecule is C[C@H]1CC2=C(CC1=CNNC(N)=S)C(C)(C)CCC2. The molecule has 0 aromatic heterocycles. The summed E-state index contributed by atoms with van der Waals surface area (Å²) in [5.41, 5.74) is 16.4. The topological polar surface area (TPSA) is 50.1 Å². The molecule has 0 bridgehead atoms. The molecule has 0 aromatic carbocycles. The average molecular weight is 279 g/mol. The molecule has 2 aliphatic carbocycles. The molecule has 19 heavy (non-hydrogen) atoms. The summed E-state index contributed by atoms with van der Waals surface area (Å²) in [7, 11) is 0. The predicted octanol–water partition coefficient (Wildman–Crippen LogP) is 3.14. The second-order valence-corrected chi connectivity index (χ2v) is 6.89. The Bertz CT molecular complexity index is 435. The van der Waals surface area contributed by atoms with Crippen LogP contribution in [0.25, 0.3) is 0 Å². The van der Waals surface area contributed by atoms with E-state index in [-0.39, 0.29) is 5.11 Å². The molecule has 4 heteroatoms. The summed E-state index contributed by atoms with van der Waals surface area (Å²) in [5, 5.41) is 0.276. The van der Waals surface area contributed by atoms with E-state index in [1.54, 1.807) is 11.1 Å². The highest BCUT2D eigenvalue weighted by Crippen LogP contribution is 2.48. The molecule has 0 spiro atoms. The zero-order valence-corrected chi connectivity index (χ0v) is 13.0. The van der Waals surface area contributed by atoms with E-state index in [1.807, 2.05) is 6.20 Å². The Morgan fingerprint density at radius 1 is 1.47 bits per heavy atom. The van der Waals surface area contributed by atoms with Crippen LogP contribution < -0.4 is 16.6 Å². The Balaban J connectivity index is 2.14. The van der Waals surface area contributed by atoms with Crippen molar-refractivity contribution in [1.82, 2.24) is 10.9 Å². The number of nitrogens with one attached hydrogen (secondary N) is 2. The second-order valence-electron chi connectivity index (χ2n) is 6.45. The van der Waals surface area contributed by atoms with Gasteiger partial charge in [0.05, 0.1) is 0 Å². The van der Waals surface area contributed by atoms with Gasteiger partial charge in [0.15, 0.2) is 5.11 Å². The van der Waals surface area contributed by atoms with Crippen molar-refractivity contribution >= 4 is 17.3 Å². The summed E-state index contributed by atoms with van der Waals surface area (Å²) in [6.07, 6.45) is 8.30. The van der Waals surface area contributed by atoms with Crippen molar-refractivity contribution in [2.75, 3.05) is 0 Å². The van der Waals surface area contributed by atoms with Gasteiger partial charge >= 0.3 is 0 Å². The molecule has 106 valence electrons. The third kappa shape index (κ3) is 3.30. The van der Waals surface area contributed by atoms with Gasteiger partial charge in [-0.25, -0.2) is 0 Å². The van der Waals surface area contributed by atoms with Gasteiger partial charge in [0, 0.05) is 6.20 Å². The molecule has 0 amide bonds. The van der Waals surface area contributed by atoms with Crippen molar-refractivity contribution in [3.05, 3.63) is 22.9 Å². The van der Waals surface area contributed by atoms with E-state index in [2.05, 4.69) is 31.6 Å². The van der Waals surface area contributed by atoms with Crippen LogP contribution in [0, 0.1) is 11.3 Å². The fourth-order valence-corrected chi connectivity index (χ4v) is 3.44. The van der Waals surface area contributed by atoms with Crippen molar-refractivity contribution in [2.24, 2.45) is 17.1 Å². The minimum absolute atomic E-state index is 0.276. The minimum Gasteiger partial charge on any atom is -0.375 e. The maximum absolute atomic E-state index is 5.41. The third-order valence-corrected chi connectivity index (χ3v) is 4.65. The first-order valence-electron chi connectivity index (χ1n) is 7.11. The monoisotopic (exact) mass is 279 g/mol. The van der Waals surface area contributed by atoms with Gasteiger partial charge in [-0.15, -0.1) is 0 Å². The summed E-state index contributed by atoms with van der Waals surface area (Å²) >= 11 is 4.79. The Morgan fingerprint density at radius 3 is 2.89 bits per heavy atom. The highest BCUT2D eigenvalue weighted by molar-refractivity contribution is 7.80. The van der Waals surface area contributed by atoms with E-state index in [4.69, 9.17) is 18.0 Å². The normalized spacial score (nSPS) is 27.9. The van der Waals surface area contributed by atoms with Crippen LogP contribution in [0.1, 0.15) is 52.9 Å². The van der Waals surface area contributed by atoms with Crippen LogP contribution in [0.4, 0.5) is 0 Å². The molecule has 0 aromatic rings. The summed E-state index contributed by atoms with van der Waals surface area (Å²) in [4.78, 5) is 0. The van der Waals surface area contributed by atoms with Gasteiger partial charge in [0.1, 0.15) is 0 Å². The van der Waals surface area contributed by atoms with Crippen LogP contribution in [-0.2, 0) is 0 Å². The Hall–Kier alpha value is -1.03. The first-order valence-corrected chi connectivity index (χ1v) is 7.52. The molecular weight excluding hydrogens is 254 g/mol. The molecule has 0 aliphatic heterocycles. The van der Waals surface area contributed by atoms with Crippen molar-refractivity contribution < 1.29 is 0 Å². The van der Waals surface area contributed by atoms with E-state index in [0.717, 1.165) is 6.42 Å². The lowest BCUT2D eigenvalue weighted by Crippen LogP contribution is -2.38. The first-order chi connectivity index (χ1) is 8.90. The van der Waals surface area contributed by atoms with Crippen LogP contribution in [0.3, 0.4) is 0 Å². The van der Waals surface area contributed by atoms with Crippen LogP contribution in [-0.4, -0.2) is 5.11 Å². The molecule has 3 nitrogen and oxygen atoms in total. The van der Waals surface area contributed by atoms with Gasteiger partial charge in [-0.1, -0.05) is 31.9 Å². The number of hydrogen-bond acceptors (Lipinski definition) is 2. The Kier molecular flexibility index (Phi) is 4.19. The number of hydrogen-bond donors (Lipinski definition) is 3. The average Bonchev–Trinajstić information content (AvgIpc) is 2.29. The lowest BCUT2D eigenvalue weighted by Gasteiger charge is -2.40. The highest BCUT2D eigenvalue weighted by Gasteiger charge is 2.34. The zero-order chi connectivity index (χ0) is 14.0. The van der Waals surface area contributed by atoms with Crippen molar-refractivity contribution in [3.63, 3.8) is 0 Å². The van der Waals surface area contributed by atoms with E-state index in [0.29, 0.717) is 11.3 Å². The van der Waals surface area contributed by atoms with Gasteiger partial charge in [-0.2, -0.15) is 0 Å². The third-order valence-electron chi connectivity index (χ3n) is 4.54. The van der Waals surface area contributed by atoms with Crippen LogP contribution in [0.2, 0.25) is 0 Å². The lowest BCUT2D eigenvalue weighted by molar-refractivity contribution is 0.338. The summed E-state index contributed by atoms with van der Waals surface area (Å²) in [6, 6.07) is 0. The first kappa shape index (κ1) is 14.4. The van der Waals surface area contributed by atoms with Gasteiger partial charge in [-0.3, -0.25) is 5.43 Å². The van der Waals surface area contributed by atoms with E-state index >= 15 is 0 Å². The molecule has 0 saturated heterocycles. The Labute approximate surface area is 121 Å². The fourth-order valence-electron chi connectivity index (χ4n) is 3.39. The standard InChI is InChI=1S/C15H25N3S/c1-10-7-11-5-4-6-15(2,3)13(11)8-12(10)9-17-18-14(16)19/h9-10,17H,4-8H2,1-3H3,(H3,16,18,19)/t10-/m0/s1. The molecule has 2 rings (SSSR count). The van der Waals surface area contributed by atoms with E-state index in [1.165, 1.54) is 31.3 Å². The number of allylic oxidation sites excluding steroid dienone is 3. The van der Waals surface area contributed by atoms with Crippen LogP contribution >= 0.6 is 12.2 Å². The predicted molar refractivity (Wildman–Crippen MR) is 84.2 cm³/mol. The number of hydrazine groups is 1. The second kappa shape index (κ2) is 5.53. The number of thiocarbonyl (C=S) groups is 1. The summed E-state index contributed by atoms with van der Waals surface area (Å²) in [6.45, 7) is 7.07. The number of nitrogens with two attached hydrogens (primary N) is 1. The molecule has 0 heterocycles. The van der Waals surface area contributed by atoms with E-state index in [9.17, 15) is 0 Å². The Morgan fingerprint density at radius 2 is 2.21 bits per heavy atom. The van der Waals surface area contributed by atoms with Crippen LogP contribution in [0.5, 0.6) is 0 Å². The van der Waals surface area contributed by atoms with Gasteiger partial charge in [0.25, 0.3) is 0 Å². The maximum Gasteiger partial charge on any atom is 0.182 e. The molecule has 1 atom stereocenters. The molecule has 0 radical (unpaired) electrons. The quantitative estimate of drug-likeness (QED) is 0.413. The van der Waals surface area contributed by atoms with Gasteiger partial charge in [-0.05, 0) is 61.2 Å². The van der Waals surface area contributed by atoms with Crippen LogP contribution in [0.15, 0.2) is 22.9 Å². The molecular formula is C15H25N3S. The molecule has 2 aliphatic rings. The number of rotatable bonds is 2. The summed E-state index contributed by atoms with van der Waals surface area (Å²) < 4.78 is 0. The molecule has 0 unspecified atom stereocenters. The van der Waals surface area contributed by atoms with Crippen molar-refractivity contribution in [2.45, 2.75) is 52.9 Å². The van der Waals surface area contributed by atoms with E-state index < -0.39 is 0 Å². The zero-order valence-electron chi connectivity index (χ0n) is 12.2. The molecule has 0 saturated carbocycles. The van der Waals surface area contributed by atoms with Gasteiger partial charge < -0.3 is 11.2 Å². The highest BCUT2D eigenvalue weighted by atomic mass is 32.1. The smallest absolute Gasteiger partial charge is 0.182 e. The molecule has 0 fully saturated rings. The lowest BCUT2D eigenvalue weighted by atomic mass is 9.65. The largest absolute Gasteiger partial charge is 0.375 e. The van der Waals surface area contributed by atoms with Gasteiger partial charge in [0.2, 0.25) is 0 Å².